The van der Waals surface area contributed by atoms with Crippen molar-refractivity contribution >= 4 is 45.8 Å². The van der Waals surface area contributed by atoms with Gasteiger partial charge in [0.1, 0.15) is 5.15 Å². The maximum Gasteiger partial charge on any atom is 0.260 e. The first-order valence-corrected chi connectivity index (χ1v) is 8.84. The zero-order valence-corrected chi connectivity index (χ0v) is 15.9. The van der Waals surface area contributed by atoms with Crippen molar-refractivity contribution in [1.29, 1.82) is 0 Å². The summed E-state index contributed by atoms with van der Waals surface area (Å²) in [4.78, 5) is 12.6. The molecule has 0 aliphatic heterocycles. The van der Waals surface area contributed by atoms with Gasteiger partial charge < -0.3 is 5.32 Å². The lowest BCUT2D eigenvalue weighted by molar-refractivity contribution is 0.102. The van der Waals surface area contributed by atoms with E-state index >= 15 is 0 Å². The van der Waals surface area contributed by atoms with Crippen LogP contribution >= 0.6 is 34.2 Å². The number of nitrogens with one attached hydrogen (secondary N) is 1. The van der Waals surface area contributed by atoms with E-state index in [0.717, 1.165) is 14.8 Å². The number of hydrogen-bond donors (Lipinski definition) is 1. The number of carbonyl (C=O) groups is 1. The molecule has 3 aromatic rings. The lowest BCUT2D eigenvalue weighted by Gasteiger charge is -2.07. The highest BCUT2D eigenvalue weighted by atomic mass is 127. The first kappa shape index (κ1) is 17.0. The van der Waals surface area contributed by atoms with Crippen molar-refractivity contribution in [3.05, 3.63) is 80.1 Å². The molecule has 1 N–H and O–H groups in total. The standard InChI is InChI=1S/C18H15ClIN3O/c1-12-16(18(24)21-15-10-6-5-9-14(15)20)17(19)23(22-12)11-13-7-3-2-4-8-13/h2-10H,11H2,1H3,(H,21,24). The van der Waals surface area contributed by atoms with Crippen LogP contribution < -0.4 is 5.32 Å². The van der Waals surface area contributed by atoms with Crippen molar-refractivity contribution < 1.29 is 4.79 Å². The maximum absolute atomic E-state index is 12.6. The van der Waals surface area contributed by atoms with Crippen LogP contribution in [0.25, 0.3) is 0 Å². The molecule has 24 heavy (non-hydrogen) atoms. The van der Waals surface area contributed by atoms with Gasteiger partial charge in [-0.25, -0.2) is 4.68 Å². The van der Waals surface area contributed by atoms with Gasteiger partial charge in [0, 0.05) is 3.57 Å². The molecule has 0 radical (unpaired) electrons. The number of aryl methyl sites for hydroxylation is 1. The third kappa shape index (κ3) is 3.62. The molecule has 0 unspecified atom stereocenters. The second-order valence-corrected chi connectivity index (χ2v) is 6.85. The molecule has 6 heteroatoms. The second-order valence-electron chi connectivity index (χ2n) is 5.33. The van der Waals surface area contributed by atoms with E-state index in [9.17, 15) is 4.79 Å². The Morgan fingerprint density at radius 3 is 2.54 bits per heavy atom. The van der Waals surface area contributed by atoms with E-state index in [0.29, 0.717) is 23.0 Å². The molecule has 0 aliphatic rings. The molecule has 1 amide bonds. The highest BCUT2D eigenvalue weighted by Gasteiger charge is 2.21. The second kappa shape index (κ2) is 7.36. The number of halogens is 2. The smallest absolute Gasteiger partial charge is 0.260 e. The minimum absolute atomic E-state index is 0.249. The minimum atomic E-state index is -0.249. The van der Waals surface area contributed by atoms with Crippen molar-refractivity contribution in [2.45, 2.75) is 13.5 Å². The summed E-state index contributed by atoms with van der Waals surface area (Å²) in [6, 6.07) is 17.5. The van der Waals surface area contributed by atoms with Crippen LogP contribution in [-0.2, 0) is 6.54 Å². The van der Waals surface area contributed by atoms with Gasteiger partial charge in [0.25, 0.3) is 5.91 Å². The molecule has 1 heterocycles. The fraction of sp³-hybridized carbons (Fsp3) is 0.111. The first-order chi connectivity index (χ1) is 11.6. The molecule has 1 aromatic heterocycles. The summed E-state index contributed by atoms with van der Waals surface area (Å²) in [5.41, 5.74) is 2.85. The third-order valence-electron chi connectivity index (χ3n) is 3.59. The average molecular weight is 452 g/mol. The number of benzene rings is 2. The van der Waals surface area contributed by atoms with Gasteiger partial charge in [-0.05, 0) is 47.2 Å². The van der Waals surface area contributed by atoms with Gasteiger partial charge in [-0.1, -0.05) is 54.1 Å². The normalized spacial score (nSPS) is 10.6. The molecule has 0 saturated carbocycles. The van der Waals surface area contributed by atoms with Crippen LogP contribution in [0.3, 0.4) is 0 Å². The Kier molecular flexibility index (Phi) is 5.20. The van der Waals surface area contributed by atoms with E-state index in [1.165, 1.54) is 0 Å². The molecule has 3 rings (SSSR count). The Morgan fingerprint density at radius 2 is 1.83 bits per heavy atom. The summed E-state index contributed by atoms with van der Waals surface area (Å²) in [6.45, 7) is 2.31. The van der Waals surface area contributed by atoms with E-state index in [4.69, 9.17) is 11.6 Å². The molecule has 0 saturated heterocycles. The van der Waals surface area contributed by atoms with Crippen LogP contribution in [0, 0.1) is 10.5 Å². The van der Waals surface area contributed by atoms with Crippen LogP contribution in [0.2, 0.25) is 5.15 Å². The van der Waals surface area contributed by atoms with Crippen molar-refractivity contribution in [1.82, 2.24) is 9.78 Å². The summed E-state index contributed by atoms with van der Waals surface area (Å²) < 4.78 is 2.62. The van der Waals surface area contributed by atoms with Crippen molar-refractivity contribution in [2.24, 2.45) is 0 Å². The molecule has 2 aromatic carbocycles. The summed E-state index contributed by atoms with van der Waals surface area (Å²) in [7, 11) is 0. The molecule has 4 nitrogen and oxygen atoms in total. The van der Waals surface area contributed by atoms with Crippen molar-refractivity contribution in [3.8, 4) is 0 Å². The quantitative estimate of drug-likeness (QED) is 0.582. The van der Waals surface area contributed by atoms with E-state index in [-0.39, 0.29) is 5.91 Å². The number of hydrogen-bond acceptors (Lipinski definition) is 2. The summed E-state index contributed by atoms with van der Waals surface area (Å²) in [5.74, 6) is -0.249. The van der Waals surface area contributed by atoms with Crippen LogP contribution in [0.5, 0.6) is 0 Å². The largest absolute Gasteiger partial charge is 0.321 e. The molecular formula is C18H15ClIN3O. The van der Waals surface area contributed by atoms with Crippen LogP contribution in [0.15, 0.2) is 54.6 Å². The summed E-state index contributed by atoms with van der Waals surface area (Å²) in [6.07, 6.45) is 0. The molecular weight excluding hydrogens is 437 g/mol. The molecule has 0 bridgehead atoms. The van der Waals surface area contributed by atoms with Gasteiger partial charge in [0.2, 0.25) is 0 Å². The Morgan fingerprint density at radius 1 is 1.17 bits per heavy atom. The summed E-state index contributed by atoms with van der Waals surface area (Å²) in [5, 5.41) is 7.66. The van der Waals surface area contributed by atoms with Gasteiger partial charge in [0.15, 0.2) is 0 Å². The van der Waals surface area contributed by atoms with Gasteiger partial charge in [-0.2, -0.15) is 5.10 Å². The first-order valence-electron chi connectivity index (χ1n) is 7.39. The van der Waals surface area contributed by atoms with E-state index in [1.54, 1.807) is 11.6 Å². The fourth-order valence-corrected chi connectivity index (χ4v) is 3.26. The number of amides is 1. The van der Waals surface area contributed by atoms with Gasteiger partial charge in [-0.3, -0.25) is 4.79 Å². The number of rotatable bonds is 4. The van der Waals surface area contributed by atoms with Crippen LogP contribution in [0.1, 0.15) is 21.6 Å². The van der Waals surface area contributed by atoms with Crippen molar-refractivity contribution in [2.75, 3.05) is 5.32 Å². The average Bonchev–Trinajstić information content (AvgIpc) is 2.84. The van der Waals surface area contributed by atoms with E-state index < -0.39 is 0 Å². The molecule has 122 valence electrons. The predicted octanol–water partition coefficient (Wildman–Crippen LogP) is 4.75. The summed E-state index contributed by atoms with van der Waals surface area (Å²) >= 11 is 8.60. The molecule has 0 atom stereocenters. The Labute approximate surface area is 159 Å². The number of carbonyl (C=O) groups excluding carboxylic acids is 1. The lowest BCUT2D eigenvalue weighted by atomic mass is 10.2. The van der Waals surface area contributed by atoms with E-state index in [2.05, 4.69) is 33.0 Å². The lowest BCUT2D eigenvalue weighted by Crippen LogP contribution is -2.14. The van der Waals surface area contributed by atoms with Gasteiger partial charge >= 0.3 is 0 Å². The van der Waals surface area contributed by atoms with Gasteiger partial charge in [-0.15, -0.1) is 0 Å². The Bertz CT molecular complexity index is 877. The SMILES string of the molecule is Cc1nn(Cc2ccccc2)c(Cl)c1C(=O)Nc1ccccc1I. The monoisotopic (exact) mass is 451 g/mol. The number of para-hydroxylation sites is 1. The topological polar surface area (TPSA) is 46.9 Å². The zero-order valence-electron chi connectivity index (χ0n) is 13.0. The number of aromatic nitrogens is 2. The highest BCUT2D eigenvalue weighted by molar-refractivity contribution is 14.1. The minimum Gasteiger partial charge on any atom is -0.321 e. The van der Waals surface area contributed by atoms with E-state index in [1.807, 2.05) is 54.6 Å². The fourth-order valence-electron chi connectivity index (χ4n) is 2.42. The Balaban J connectivity index is 1.86. The molecule has 0 spiro atoms. The highest BCUT2D eigenvalue weighted by Crippen LogP contribution is 2.24. The molecule has 0 aliphatic carbocycles. The maximum atomic E-state index is 12.6. The van der Waals surface area contributed by atoms with Crippen molar-refractivity contribution in [3.63, 3.8) is 0 Å². The third-order valence-corrected chi connectivity index (χ3v) is 4.91. The van der Waals surface area contributed by atoms with Crippen LogP contribution in [0.4, 0.5) is 5.69 Å². The number of anilines is 1. The number of nitrogens with zero attached hydrogens (tertiary/aromatic N) is 2. The predicted molar refractivity (Wildman–Crippen MR) is 105 cm³/mol. The van der Waals surface area contributed by atoms with Gasteiger partial charge in [0.05, 0.1) is 23.5 Å². The zero-order chi connectivity index (χ0) is 17.1. The molecule has 0 fully saturated rings. The Hall–Kier alpha value is -1.86. The van der Waals surface area contributed by atoms with Crippen LogP contribution in [-0.4, -0.2) is 15.7 Å².